The molecule has 464 valence electrons. The molecule has 97 heavy (non-hydrogen) atoms. The van der Waals surface area contributed by atoms with E-state index in [0.717, 1.165) is 133 Å². The lowest BCUT2D eigenvalue weighted by Crippen LogP contribution is -2.37. The van der Waals surface area contributed by atoms with Gasteiger partial charge >= 0.3 is 0 Å². The monoisotopic (exact) mass is 1290 g/mol. The predicted molar refractivity (Wildman–Crippen MR) is 402 cm³/mol. The lowest BCUT2D eigenvalue weighted by atomic mass is 9.92. The van der Waals surface area contributed by atoms with E-state index in [-0.39, 0.29) is 0 Å². The Kier molecular flexibility index (Phi) is 14.6. The van der Waals surface area contributed by atoms with Crippen LogP contribution in [0.3, 0.4) is 0 Å². The molecule has 3 aliphatic heterocycles. The summed E-state index contributed by atoms with van der Waals surface area (Å²) in [5.74, 6) is 1.59. The fraction of sp³-hybridized carbons (Fsp3) is 0.0235. The summed E-state index contributed by atoms with van der Waals surface area (Å²) in [5, 5.41) is 5.33. The van der Waals surface area contributed by atoms with Crippen molar-refractivity contribution in [2.75, 3.05) is 9.34 Å². The van der Waals surface area contributed by atoms with E-state index in [1.54, 1.807) is 0 Å². The van der Waals surface area contributed by atoms with Crippen LogP contribution in [-0.4, -0.2) is 28.7 Å². The first-order chi connectivity index (χ1) is 48.0. The van der Waals surface area contributed by atoms with E-state index in [1.807, 2.05) is 196 Å². The van der Waals surface area contributed by atoms with Crippen molar-refractivity contribution in [3.05, 3.63) is 345 Å². The SMILES string of the molecule is CC.O=P1(c2ccccc2)c2c(c3ccccc3n2-c2ccccc2)-c2c(c3ccccc3n2-c2ccccc2)N1c1ccccc1.O=P1(c2ccccc2)c2c(n(-c3nc(-c4ccccc4)nc(-c4ccccc4)n3)c3ccccc23)C=C2c3ccccc3-c3ccccc3N21. The van der Waals surface area contributed by atoms with E-state index in [0.29, 0.717) is 17.6 Å². The molecular formula is C85H62N8O2P2. The first-order valence-corrected chi connectivity index (χ1v) is 36.1. The third-order valence-corrected chi connectivity index (χ3v) is 24.5. The molecule has 0 amide bonds. The minimum Gasteiger partial charge on any atom is -0.307 e. The van der Waals surface area contributed by atoms with Gasteiger partial charge in [-0.05, 0) is 96.6 Å². The van der Waals surface area contributed by atoms with Crippen molar-refractivity contribution in [1.29, 1.82) is 0 Å². The number of hydrogen-bond donors (Lipinski definition) is 0. The van der Waals surface area contributed by atoms with Gasteiger partial charge in [0.1, 0.15) is 5.44 Å². The average Bonchev–Trinajstić information content (AvgIpc) is 1.67. The number of aromatic nitrogens is 6. The molecule has 3 aliphatic rings. The topological polar surface area (TPSA) is 94.1 Å². The number of para-hydroxylation sites is 7. The van der Waals surface area contributed by atoms with Gasteiger partial charge in [-0.2, -0.15) is 9.97 Å². The van der Waals surface area contributed by atoms with Gasteiger partial charge in [0.05, 0.1) is 50.3 Å². The van der Waals surface area contributed by atoms with Gasteiger partial charge in [0, 0.05) is 71.6 Å². The number of fused-ring (bicyclic) bond motifs is 16. The lowest BCUT2D eigenvalue weighted by Gasteiger charge is -2.43. The summed E-state index contributed by atoms with van der Waals surface area (Å²) in [7, 11) is -7.18. The number of hydrogen-bond acceptors (Lipinski definition) is 5. The molecule has 4 aromatic heterocycles. The third-order valence-electron chi connectivity index (χ3n) is 18.4. The third kappa shape index (κ3) is 9.28. The molecule has 7 heterocycles. The molecule has 0 saturated carbocycles. The highest BCUT2D eigenvalue weighted by Gasteiger charge is 2.51. The number of benzene rings is 12. The van der Waals surface area contributed by atoms with E-state index < -0.39 is 14.6 Å². The molecule has 12 heteroatoms. The molecule has 0 saturated heterocycles. The van der Waals surface area contributed by atoms with Gasteiger partial charge in [0.25, 0.3) is 7.29 Å². The van der Waals surface area contributed by atoms with Gasteiger partial charge in [0.15, 0.2) is 11.6 Å². The van der Waals surface area contributed by atoms with Crippen molar-refractivity contribution < 1.29 is 9.13 Å². The number of rotatable bonds is 8. The molecule has 2 unspecified atom stereocenters. The number of nitrogens with zero attached hydrogens (tertiary/aromatic N) is 8. The Morgan fingerprint density at radius 1 is 0.330 bits per heavy atom. The first-order valence-electron chi connectivity index (χ1n) is 32.7. The summed E-state index contributed by atoms with van der Waals surface area (Å²) in [6.07, 6.45) is 2.18. The molecular weight excluding hydrogens is 1230 g/mol. The Balaban J connectivity index is 0.000000143. The summed E-state index contributed by atoms with van der Waals surface area (Å²) in [5.41, 5.74) is 17.2. The zero-order valence-corrected chi connectivity index (χ0v) is 54.9. The normalized spacial score (nSPS) is 15.5. The molecule has 0 bridgehead atoms. The lowest BCUT2D eigenvalue weighted by molar-refractivity contribution is 0.585. The van der Waals surface area contributed by atoms with E-state index in [9.17, 15) is 0 Å². The second kappa shape index (κ2) is 24.1. The van der Waals surface area contributed by atoms with Crippen LogP contribution in [0.5, 0.6) is 0 Å². The van der Waals surface area contributed by atoms with Crippen molar-refractivity contribution in [1.82, 2.24) is 28.7 Å². The minimum atomic E-state index is -3.60. The summed E-state index contributed by atoms with van der Waals surface area (Å²) in [4.78, 5) is 15.2. The first kappa shape index (κ1) is 58.9. The fourth-order valence-corrected chi connectivity index (χ4v) is 20.9. The van der Waals surface area contributed by atoms with E-state index in [2.05, 4.69) is 181 Å². The van der Waals surface area contributed by atoms with E-state index >= 15 is 9.13 Å². The Morgan fingerprint density at radius 3 is 1.31 bits per heavy atom. The van der Waals surface area contributed by atoms with Crippen molar-refractivity contribution in [2.24, 2.45) is 0 Å². The van der Waals surface area contributed by atoms with Crippen LogP contribution in [-0.2, 0) is 9.13 Å². The zero-order chi connectivity index (χ0) is 65.2. The van der Waals surface area contributed by atoms with Crippen LogP contribution < -0.4 is 30.7 Å². The van der Waals surface area contributed by atoms with Crippen LogP contribution >= 0.6 is 14.6 Å². The highest BCUT2D eigenvalue weighted by atomic mass is 31.2. The standard InChI is InChI=1S/C43H28N5OP.C40H28N3OP.C2H6/c49-50(31-20-8-3-9-21-31)40-35-25-13-14-26-36(35)47(39(40)28-38-34-24-11-10-22-32(34)33-23-12-15-27-37(33)48(38)50)43-45-41(29-16-4-1-5-17-29)44-42(46-43)30-18-6-2-7-19-30;44-45(32-23-11-4-12-24-32)40-37(33-25-13-15-27-35(33)42(40)30-19-7-2-8-20-30)39-38(43(45)31-21-9-3-10-22-31)34-26-14-16-28-36(34)41(39)29-17-5-1-6-18-29;1-2/h1-28H;1-28H;1-2H3. The number of anilines is 3. The van der Waals surface area contributed by atoms with E-state index in [4.69, 9.17) is 15.0 Å². The van der Waals surface area contributed by atoms with Gasteiger partial charge in [-0.1, -0.05) is 263 Å². The second-order valence-corrected chi connectivity index (χ2v) is 28.8. The Bertz CT molecular complexity index is 5740. The summed E-state index contributed by atoms with van der Waals surface area (Å²) in [6, 6.07) is 113. The largest absolute Gasteiger partial charge is 0.307 e. The maximum Gasteiger partial charge on any atom is 0.250 e. The van der Waals surface area contributed by atoms with Crippen LogP contribution in [0.25, 0.3) is 107 Å². The van der Waals surface area contributed by atoms with Gasteiger partial charge in [-0.15, -0.1) is 0 Å². The van der Waals surface area contributed by atoms with Crippen LogP contribution in [0.1, 0.15) is 25.1 Å². The Hall–Kier alpha value is -11.9. The van der Waals surface area contributed by atoms with Crippen molar-refractivity contribution in [2.45, 2.75) is 13.8 Å². The molecule has 12 aromatic carbocycles. The molecule has 19 rings (SSSR count). The molecule has 2 atom stereocenters. The highest BCUT2D eigenvalue weighted by molar-refractivity contribution is 7.81. The maximum absolute atomic E-state index is 16.8. The molecule has 0 N–H and O–H groups in total. The summed E-state index contributed by atoms with van der Waals surface area (Å²) < 4.78 is 44.4. The molecule has 10 nitrogen and oxygen atoms in total. The van der Waals surface area contributed by atoms with Gasteiger partial charge < -0.3 is 9.13 Å². The average molecular weight is 1290 g/mol. The van der Waals surface area contributed by atoms with E-state index in [1.165, 1.54) is 0 Å². The molecule has 0 spiro atoms. The molecule has 0 aliphatic carbocycles. The van der Waals surface area contributed by atoms with Crippen molar-refractivity contribution >= 4 is 97.5 Å². The van der Waals surface area contributed by atoms with Crippen molar-refractivity contribution in [3.63, 3.8) is 0 Å². The van der Waals surface area contributed by atoms with Gasteiger partial charge in [0.2, 0.25) is 13.2 Å². The quantitative estimate of drug-likeness (QED) is 0.140. The Morgan fingerprint density at radius 2 is 0.742 bits per heavy atom. The molecule has 0 fully saturated rings. The van der Waals surface area contributed by atoms with Crippen molar-refractivity contribution in [3.8, 4) is 62.5 Å². The summed E-state index contributed by atoms with van der Waals surface area (Å²) in [6.45, 7) is 4.00. The Labute approximate surface area is 562 Å². The summed E-state index contributed by atoms with van der Waals surface area (Å²) >= 11 is 0. The molecule has 16 aromatic rings. The maximum atomic E-state index is 16.8. The van der Waals surface area contributed by atoms with Crippen LogP contribution in [0.2, 0.25) is 0 Å². The van der Waals surface area contributed by atoms with Gasteiger partial charge in [-0.3, -0.25) is 23.0 Å². The highest BCUT2D eigenvalue weighted by Crippen LogP contribution is 2.66. The second-order valence-electron chi connectivity index (χ2n) is 23.7. The fourth-order valence-electron chi connectivity index (χ4n) is 14.5. The van der Waals surface area contributed by atoms with Crippen LogP contribution in [0.4, 0.5) is 17.1 Å². The minimum absolute atomic E-state index is 0.463. The molecule has 0 radical (unpaired) electrons. The smallest absolute Gasteiger partial charge is 0.250 e. The predicted octanol–water partition coefficient (Wildman–Crippen LogP) is 20.0. The van der Waals surface area contributed by atoms with Crippen LogP contribution in [0, 0.1) is 0 Å². The van der Waals surface area contributed by atoms with Gasteiger partial charge in [-0.25, -0.2) is 4.98 Å². The zero-order valence-electron chi connectivity index (χ0n) is 53.1. The van der Waals surface area contributed by atoms with Crippen LogP contribution in [0.15, 0.2) is 334 Å².